The molecule has 3 N–H and O–H groups in total. The topological polar surface area (TPSA) is 73.1 Å². The average Bonchev–Trinajstić information content (AvgIpc) is 2.39. The van der Waals surface area contributed by atoms with E-state index >= 15 is 0 Å². The minimum Gasteiger partial charge on any atom is -0.472 e. The Hall–Kier alpha value is -2.14. The van der Waals surface area contributed by atoms with E-state index in [0.29, 0.717) is 18.4 Å². The van der Waals surface area contributed by atoms with Crippen molar-refractivity contribution in [1.82, 2.24) is 9.97 Å². The van der Waals surface area contributed by atoms with Gasteiger partial charge in [0.15, 0.2) is 0 Å². The highest BCUT2D eigenvalue weighted by Gasteiger charge is 2.04. The van der Waals surface area contributed by atoms with Crippen molar-refractivity contribution in [2.24, 2.45) is 5.84 Å². The smallest absolute Gasteiger partial charge is 0.240 e. The van der Waals surface area contributed by atoms with Crippen molar-refractivity contribution in [3.05, 3.63) is 47.7 Å². The molecule has 1 aromatic carbocycles. The van der Waals surface area contributed by atoms with E-state index in [1.165, 1.54) is 0 Å². The van der Waals surface area contributed by atoms with Crippen molar-refractivity contribution < 1.29 is 4.74 Å². The van der Waals surface area contributed by atoms with E-state index in [1.54, 1.807) is 6.20 Å². The van der Waals surface area contributed by atoms with Gasteiger partial charge in [-0.05, 0) is 12.5 Å². The molecule has 0 aliphatic rings. The number of rotatable bonds is 4. The summed E-state index contributed by atoms with van der Waals surface area (Å²) in [6.07, 6.45) is 1.67. The second kappa shape index (κ2) is 5.27. The van der Waals surface area contributed by atoms with E-state index in [0.717, 1.165) is 11.1 Å². The molecule has 1 aromatic heterocycles. The van der Waals surface area contributed by atoms with Gasteiger partial charge in [-0.25, -0.2) is 10.8 Å². The zero-order chi connectivity index (χ0) is 12.1. The maximum Gasteiger partial charge on any atom is 0.240 e. The van der Waals surface area contributed by atoms with Gasteiger partial charge in [0.2, 0.25) is 11.8 Å². The van der Waals surface area contributed by atoms with Crippen LogP contribution in [0.5, 0.6) is 5.88 Å². The third-order valence-corrected chi connectivity index (χ3v) is 2.27. The van der Waals surface area contributed by atoms with E-state index in [1.807, 2.05) is 37.3 Å². The number of benzene rings is 1. The standard InChI is InChI=1S/C12H14N4O/c1-9-7-14-12(16-13)15-11(9)17-8-10-5-3-2-4-6-10/h2-7H,8,13H2,1H3,(H,14,15,16). The Morgan fingerprint density at radius 2 is 2.06 bits per heavy atom. The second-order valence-electron chi connectivity index (χ2n) is 3.60. The van der Waals surface area contributed by atoms with Gasteiger partial charge in [0.05, 0.1) is 0 Å². The molecule has 5 nitrogen and oxygen atoms in total. The molecule has 0 spiro atoms. The largest absolute Gasteiger partial charge is 0.472 e. The van der Waals surface area contributed by atoms with Crippen LogP contribution in [0.1, 0.15) is 11.1 Å². The number of anilines is 1. The van der Waals surface area contributed by atoms with Crippen LogP contribution >= 0.6 is 0 Å². The molecule has 1 heterocycles. The first-order chi connectivity index (χ1) is 8.29. The minimum absolute atomic E-state index is 0.346. The van der Waals surface area contributed by atoms with Gasteiger partial charge in [0.1, 0.15) is 6.61 Å². The Bertz CT molecular complexity index is 487. The number of hydrogen-bond acceptors (Lipinski definition) is 5. The predicted octanol–water partition coefficient (Wildman–Crippen LogP) is 1.65. The van der Waals surface area contributed by atoms with Crippen molar-refractivity contribution >= 4 is 5.95 Å². The maximum absolute atomic E-state index is 5.62. The van der Waals surface area contributed by atoms with E-state index in [9.17, 15) is 0 Å². The minimum atomic E-state index is 0.346. The third-order valence-electron chi connectivity index (χ3n) is 2.27. The average molecular weight is 230 g/mol. The summed E-state index contributed by atoms with van der Waals surface area (Å²) >= 11 is 0. The van der Waals surface area contributed by atoms with Crippen LogP contribution in [0.3, 0.4) is 0 Å². The Morgan fingerprint density at radius 3 is 2.76 bits per heavy atom. The van der Waals surface area contributed by atoms with Gasteiger partial charge in [-0.2, -0.15) is 4.98 Å². The lowest BCUT2D eigenvalue weighted by Gasteiger charge is -2.08. The lowest BCUT2D eigenvalue weighted by Crippen LogP contribution is -2.11. The predicted molar refractivity (Wildman–Crippen MR) is 65.4 cm³/mol. The fraction of sp³-hybridized carbons (Fsp3) is 0.167. The van der Waals surface area contributed by atoms with Crippen LogP contribution < -0.4 is 16.0 Å². The quantitative estimate of drug-likeness (QED) is 0.617. The van der Waals surface area contributed by atoms with Crippen LogP contribution in [-0.2, 0) is 6.61 Å². The third kappa shape index (κ3) is 2.92. The number of hydrazine groups is 1. The Morgan fingerprint density at radius 1 is 1.29 bits per heavy atom. The van der Waals surface area contributed by atoms with Crippen LogP contribution in [0.4, 0.5) is 5.95 Å². The van der Waals surface area contributed by atoms with Gasteiger partial charge in [0.25, 0.3) is 0 Å². The molecule has 0 saturated carbocycles. The number of ether oxygens (including phenoxy) is 1. The van der Waals surface area contributed by atoms with Crippen molar-refractivity contribution in [2.45, 2.75) is 13.5 Å². The Kier molecular flexibility index (Phi) is 3.52. The fourth-order valence-electron chi connectivity index (χ4n) is 1.37. The highest BCUT2D eigenvalue weighted by molar-refractivity contribution is 5.31. The molecule has 0 unspecified atom stereocenters. The summed E-state index contributed by atoms with van der Waals surface area (Å²) < 4.78 is 5.62. The summed E-state index contributed by atoms with van der Waals surface area (Å²) in [5, 5.41) is 0. The van der Waals surface area contributed by atoms with Crippen molar-refractivity contribution in [2.75, 3.05) is 5.43 Å². The molecule has 0 saturated heterocycles. The second-order valence-corrected chi connectivity index (χ2v) is 3.60. The van der Waals surface area contributed by atoms with Gasteiger partial charge in [0, 0.05) is 11.8 Å². The molecule has 0 amide bonds. The van der Waals surface area contributed by atoms with Gasteiger partial charge >= 0.3 is 0 Å². The lowest BCUT2D eigenvalue weighted by molar-refractivity contribution is 0.291. The molecule has 0 fully saturated rings. The molecule has 5 heteroatoms. The molecule has 0 atom stereocenters. The van der Waals surface area contributed by atoms with E-state index in [2.05, 4.69) is 15.4 Å². The fourth-order valence-corrected chi connectivity index (χ4v) is 1.37. The number of nitrogens with one attached hydrogen (secondary N) is 1. The maximum atomic E-state index is 5.62. The molecule has 2 rings (SSSR count). The first-order valence-corrected chi connectivity index (χ1v) is 5.26. The number of hydrogen-bond donors (Lipinski definition) is 2. The zero-order valence-electron chi connectivity index (χ0n) is 9.55. The van der Waals surface area contributed by atoms with Crippen LogP contribution in [0.15, 0.2) is 36.5 Å². The van der Waals surface area contributed by atoms with Crippen LogP contribution in [0.2, 0.25) is 0 Å². The number of nitrogen functional groups attached to an aromatic ring is 1. The SMILES string of the molecule is Cc1cnc(NN)nc1OCc1ccccc1. The summed E-state index contributed by atoms with van der Waals surface area (Å²) in [7, 11) is 0. The zero-order valence-corrected chi connectivity index (χ0v) is 9.55. The first-order valence-electron chi connectivity index (χ1n) is 5.26. The molecule has 88 valence electrons. The molecule has 0 aliphatic heterocycles. The molecule has 2 aromatic rings. The van der Waals surface area contributed by atoms with Crippen LogP contribution in [-0.4, -0.2) is 9.97 Å². The lowest BCUT2D eigenvalue weighted by atomic mass is 10.2. The molecule has 0 aliphatic carbocycles. The van der Waals surface area contributed by atoms with E-state index in [4.69, 9.17) is 10.6 Å². The summed E-state index contributed by atoms with van der Waals surface area (Å²) in [5.41, 5.74) is 4.36. The molecule has 17 heavy (non-hydrogen) atoms. The van der Waals surface area contributed by atoms with E-state index < -0.39 is 0 Å². The normalized spacial score (nSPS) is 10.0. The van der Waals surface area contributed by atoms with Crippen molar-refractivity contribution in [1.29, 1.82) is 0 Å². The van der Waals surface area contributed by atoms with Gasteiger partial charge < -0.3 is 4.74 Å². The number of aryl methyl sites for hydroxylation is 1. The highest BCUT2D eigenvalue weighted by atomic mass is 16.5. The van der Waals surface area contributed by atoms with Gasteiger partial charge in [-0.1, -0.05) is 30.3 Å². The summed E-state index contributed by atoms with van der Waals surface area (Å²) in [4.78, 5) is 8.12. The van der Waals surface area contributed by atoms with Crippen LogP contribution in [0.25, 0.3) is 0 Å². The van der Waals surface area contributed by atoms with Crippen molar-refractivity contribution in [3.8, 4) is 5.88 Å². The number of aromatic nitrogens is 2. The summed E-state index contributed by atoms with van der Waals surface area (Å²) in [5.74, 6) is 6.13. The monoisotopic (exact) mass is 230 g/mol. The summed E-state index contributed by atoms with van der Waals surface area (Å²) in [6, 6.07) is 9.91. The molecular weight excluding hydrogens is 216 g/mol. The summed E-state index contributed by atoms with van der Waals surface area (Å²) in [6.45, 7) is 2.36. The molecular formula is C12H14N4O. The molecule has 0 radical (unpaired) electrons. The number of nitrogens with two attached hydrogens (primary N) is 1. The molecule has 0 bridgehead atoms. The number of nitrogens with zero attached hydrogens (tertiary/aromatic N) is 2. The van der Waals surface area contributed by atoms with Crippen LogP contribution in [0, 0.1) is 6.92 Å². The Balaban J connectivity index is 2.08. The highest BCUT2D eigenvalue weighted by Crippen LogP contribution is 2.16. The van der Waals surface area contributed by atoms with Gasteiger partial charge in [-0.15, -0.1) is 0 Å². The van der Waals surface area contributed by atoms with Crippen molar-refractivity contribution in [3.63, 3.8) is 0 Å². The first kappa shape index (κ1) is 11.3. The Labute approximate surface area is 99.6 Å². The van der Waals surface area contributed by atoms with Gasteiger partial charge in [-0.3, -0.25) is 5.43 Å². The van der Waals surface area contributed by atoms with E-state index in [-0.39, 0.29) is 0 Å².